The zero-order chi connectivity index (χ0) is 21.6. The Morgan fingerprint density at radius 2 is 2.13 bits per heavy atom. The van der Waals surface area contributed by atoms with E-state index < -0.39 is 0 Å². The zero-order valence-electron chi connectivity index (χ0n) is 17.9. The van der Waals surface area contributed by atoms with E-state index in [1.54, 1.807) is 11.3 Å². The van der Waals surface area contributed by atoms with Crippen LogP contribution in [0.5, 0.6) is 0 Å². The maximum Gasteiger partial charge on any atom is 0.239 e. The molecule has 0 aliphatic carbocycles. The van der Waals surface area contributed by atoms with Gasteiger partial charge in [-0.05, 0) is 62.5 Å². The molecule has 1 atom stereocenters. The molecule has 0 bridgehead atoms. The smallest absolute Gasteiger partial charge is 0.239 e. The third-order valence-electron chi connectivity index (χ3n) is 5.72. The Morgan fingerprint density at radius 3 is 2.94 bits per heavy atom. The highest BCUT2D eigenvalue weighted by atomic mass is 35.5. The van der Waals surface area contributed by atoms with Crippen molar-refractivity contribution in [1.29, 1.82) is 0 Å². The second-order valence-corrected chi connectivity index (χ2v) is 9.61. The number of carbonyl (C=O) groups is 1. The number of rotatable bonds is 8. The van der Waals surface area contributed by atoms with Gasteiger partial charge >= 0.3 is 0 Å². The standard InChI is InChI=1S/C24H29ClN4OS/c1-18-5-2-12-28(15-18)13-4-11-26-23(30)16-29-14-3-6-22(29)24-27-21(17-31-24)19-7-9-20(25)10-8-19/h3,6-10,14,17-18H,2,4-5,11-13,15-16H2,1H3,(H,26,30)/t18-/m0/s1. The number of thiazole rings is 1. The van der Waals surface area contributed by atoms with Crippen molar-refractivity contribution < 1.29 is 4.79 Å². The molecule has 164 valence electrons. The third kappa shape index (κ3) is 5.97. The Hall–Kier alpha value is -2.15. The van der Waals surface area contributed by atoms with Crippen molar-refractivity contribution in [3.8, 4) is 22.0 Å². The van der Waals surface area contributed by atoms with E-state index in [0.29, 0.717) is 11.6 Å². The van der Waals surface area contributed by atoms with E-state index in [2.05, 4.69) is 17.1 Å². The minimum atomic E-state index is 0.0407. The monoisotopic (exact) mass is 456 g/mol. The summed E-state index contributed by atoms with van der Waals surface area (Å²) in [5.74, 6) is 0.834. The molecule has 31 heavy (non-hydrogen) atoms. The first-order chi connectivity index (χ1) is 15.1. The van der Waals surface area contributed by atoms with E-state index in [0.717, 1.165) is 47.4 Å². The third-order valence-corrected chi connectivity index (χ3v) is 6.84. The van der Waals surface area contributed by atoms with E-state index in [1.165, 1.54) is 25.9 Å². The molecule has 0 saturated carbocycles. The Labute approximate surface area is 193 Å². The molecular weight excluding hydrogens is 428 g/mol. The van der Waals surface area contributed by atoms with Gasteiger partial charge in [-0.3, -0.25) is 4.79 Å². The molecule has 1 N–H and O–H groups in total. The molecule has 1 fully saturated rings. The number of amides is 1. The average molecular weight is 457 g/mol. The van der Waals surface area contributed by atoms with Crippen LogP contribution in [0.15, 0.2) is 48.0 Å². The van der Waals surface area contributed by atoms with Gasteiger partial charge in [-0.1, -0.05) is 30.7 Å². The molecule has 4 rings (SSSR count). The summed E-state index contributed by atoms with van der Waals surface area (Å²) in [5, 5.41) is 6.73. The van der Waals surface area contributed by atoms with Crippen LogP contribution < -0.4 is 5.32 Å². The first kappa shape index (κ1) is 22.1. The van der Waals surface area contributed by atoms with Crippen molar-refractivity contribution in [1.82, 2.24) is 19.8 Å². The number of hydrogen-bond acceptors (Lipinski definition) is 4. The van der Waals surface area contributed by atoms with Gasteiger partial charge in [-0.15, -0.1) is 11.3 Å². The highest BCUT2D eigenvalue weighted by Crippen LogP contribution is 2.29. The summed E-state index contributed by atoms with van der Waals surface area (Å²) in [5.41, 5.74) is 2.91. The lowest BCUT2D eigenvalue weighted by molar-refractivity contribution is -0.121. The lowest BCUT2D eigenvalue weighted by Crippen LogP contribution is -2.37. The number of halogens is 1. The predicted octanol–water partition coefficient (Wildman–Crippen LogP) is 5.17. The SMILES string of the molecule is C[C@H]1CCCN(CCCNC(=O)Cn2cccc2-c2nc(-c3ccc(Cl)cc3)cs2)C1. The number of likely N-dealkylation sites (tertiary alicyclic amines) is 1. The number of benzene rings is 1. The van der Waals surface area contributed by atoms with Crippen LogP contribution in [0.4, 0.5) is 0 Å². The molecule has 0 spiro atoms. The number of piperidine rings is 1. The lowest BCUT2D eigenvalue weighted by atomic mass is 10.0. The van der Waals surface area contributed by atoms with Gasteiger partial charge in [-0.25, -0.2) is 4.98 Å². The molecule has 3 heterocycles. The molecule has 1 aromatic carbocycles. The Kier molecular flexibility index (Phi) is 7.43. The number of nitrogens with one attached hydrogen (secondary N) is 1. The Balaban J connectivity index is 1.29. The highest BCUT2D eigenvalue weighted by molar-refractivity contribution is 7.13. The van der Waals surface area contributed by atoms with Crippen LogP contribution in [0.2, 0.25) is 5.02 Å². The van der Waals surface area contributed by atoms with Crippen LogP contribution in [0, 0.1) is 5.92 Å². The molecule has 0 radical (unpaired) electrons. The van der Waals surface area contributed by atoms with Crippen LogP contribution in [-0.2, 0) is 11.3 Å². The van der Waals surface area contributed by atoms with Gasteiger partial charge in [0.15, 0.2) is 0 Å². The van der Waals surface area contributed by atoms with E-state index in [-0.39, 0.29) is 5.91 Å². The Morgan fingerprint density at radius 1 is 1.29 bits per heavy atom. The van der Waals surface area contributed by atoms with Crippen molar-refractivity contribution >= 4 is 28.8 Å². The summed E-state index contributed by atoms with van der Waals surface area (Å²) in [6.45, 7) is 6.79. The minimum absolute atomic E-state index is 0.0407. The van der Waals surface area contributed by atoms with E-state index in [1.807, 2.05) is 52.5 Å². The molecule has 1 aliphatic heterocycles. The van der Waals surface area contributed by atoms with Gasteiger partial charge in [0.05, 0.1) is 11.4 Å². The second kappa shape index (κ2) is 10.4. The van der Waals surface area contributed by atoms with Gasteiger partial charge in [0.1, 0.15) is 11.6 Å². The fourth-order valence-corrected chi connectivity index (χ4v) is 5.12. The van der Waals surface area contributed by atoms with Crippen LogP contribution >= 0.6 is 22.9 Å². The first-order valence-electron chi connectivity index (χ1n) is 10.9. The molecule has 1 amide bonds. The van der Waals surface area contributed by atoms with Crippen LogP contribution in [0.3, 0.4) is 0 Å². The topological polar surface area (TPSA) is 50.2 Å². The number of carbonyl (C=O) groups excluding carboxylic acids is 1. The molecule has 0 unspecified atom stereocenters. The van der Waals surface area contributed by atoms with Crippen LogP contribution in [0.25, 0.3) is 22.0 Å². The van der Waals surface area contributed by atoms with E-state index >= 15 is 0 Å². The van der Waals surface area contributed by atoms with Crippen molar-refractivity contribution in [3.05, 3.63) is 53.0 Å². The van der Waals surface area contributed by atoms with Crippen molar-refractivity contribution in [2.24, 2.45) is 5.92 Å². The van der Waals surface area contributed by atoms with Gasteiger partial charge in [0.2, 0.25) is 5.91 Å². The molecule has 2 aromatic heterocycles. The maximum atomic E-state index is 12.5. The summed E-state index contributed by atoms with van der Waals surface area (Å²) >= 11 is 7.57. The Bertz CT molecular complexity index is 997. The molecule has 7 heteroatoms. The van der Waals surface area contributed by atoms with Gasteiger partial charge in [0.25, 0.3) is 0 Å². The van der Waals surface area contributed by atoms with Crippen LogP contribution in [-0.4, -0.2) is 46.5 Å². The quantitative estimate of drug-likeness (QED) is 0.475. The summed E-state index contributed by atoms with van der Waals surface area (Å²) in [4.78, 5) is 19.8. The number of aromatic nitrogens is 2. The van der Waals surface area contributed by atoms with Gasteiger partial charge in [0, 0.05) is 35.3 Å². The average Bonchev–Trinajstić information content (AvgIpc) is 3.41. The molecule has 1 saturated heterocycles. The normalized spacial score (nSPS) is 17.0. The van der Waals surface area contributed by atoms with Gasteiger partial charge in [-0.2, -0.15) is 0 Å². The molecule has 1 aliphatic rings. The minimum Gasteiger partial charge on any atom is -0.355 e. The number of nitrogens with zero attached hydrogens (tertiary/aromatic N) is 3. The summed E-state index contributed by atoms with van der Waals surface area (Å²) < 4.78 is 1.96. The maximum absolute atomic E-state index is 12.5. The van der Waals surface area contributed by atoms with Crippen molar-refractivity contribution in [2.75, 3.05) is 26.2 Å². The fourth-order valence-electron chi connectivity index (χ4n) is 4.12. The fraction of sp³-hybridized carbons (Fsp3) is 0.417. The second-order valence-electron chi connectivity index (χ2n) is 8.32. The van der Waals surface area contributed by atoms with Crippen molar-refractivity contribution in [2.45, 2.75) is 32.7 Å². The zero-order valence-corrected chi connectivity index (χ0v) is 19.5. The van der Waals surface area contributed by atoms with E-state index in [9.17, 15) is 4.79 Å². The molecular formula is C24H29ClN4OS. The summed E-state index contributed by atoms with van der Waals surface area (Å²) in [6.07, 6.45) is 5.56. The summed E-state index contributed by atoms with van der Waals surface area (Å²) in [6, 6.07) is 11.7. The van der Waals surface area contributed by atoms with Gasteiger partial charge < -0.3 is 14.8 Å². The van der Waals surface area contributed by atoms with E-state index in [4.69, 9.17) is 16.6 Å². The van der Waals surface area contributed by atoms with Crippen LogP contribution in [0.1, 0.15) is 26.2 Å². The largest absolute Gasteiger partial charge is 0.355 e. The number of hydrogen-bond donors (Lipinski definition) is 1. The van der Waals surface area contributed by atoms with Crippen molar-refractivity contribution in [3.63, 3.8) is 0 Å². The lowest BCUT2D eigenvalue weighted by Gasteiger charge is -2.30. The highest BCUT2D eigenvalue weighted by Gasteiger charge is 2.16. The summed E-state index contributed by atoms with van der Waals surface area (Å²) in [7, 11) is 0. The predicted molar refractivity (Wildman–Crippen MR) is 128 cm³/mol. The molecule has 3 aromatic rings. The molecule has 5 nitrogen and oxygen atoms in total. The first-order valence-corrected chi connectivity index (χ1v) is 12.2.